The van der Waals surface area contributed by atoms with E-state index in [1.165, 1.54) is 0 Å². The third-order valence-corrected chi connectivity index (χ3v) is 3.85. The van der Waals surface area contributed by atoms with Crippen molar-refractivity contribution in [1.82, 2.24) is 20.0 Å². The molecule has 2 aromatic heterocycles. The maximum Gasteiger partial charge on any atom is 0.254 e. The van der Waals surface area contributed by atoms with Crippen LogP contribution >= 0.6 is 0 Å². The third kappa shape index (κ3) is 1.97. The van der Waals surface area contributed by atoms with E-state index in [4.69, 9.17) is 4.52 Å². The van der Waals surface area contributed by atoms with Gasteiger partial charge in [-0.05, 0) is 25.0 Å². The first-order chi connectivity index (χ1) is 9.81. The van der Waals surface area contributed by atoms with Crippen LogP contribution in [0.2, 0.25) is 0 Å². The van der Waals surface area contributed by atoms with Crippen molar-refractivity contribution >= 4 is 5.91 Å². The van der Waals surface area contributed by atoms with Crippen LogP contribution in [-0.4, -0.2) is 39.0 Å². The predicted octanol–water partition coefficient (Wildman–Crippen LogP) is 1.58. The molecule has 1 saturated heterocycles. The number of hydrogen-bond acceptors (Lipinski definition) is 5. The first-order valence-corrected chi connectivity index (χ1v) is 6.84. The molecule has 0 bridgehead atoms. The molecule has 0 unspecified atom stereocenters. The van der Waals surface area contributed by atoms with Crippen molar-refractivity contribution in [2.45, 2.75) is 24.7 Å². The van der Waals surface area contributed by atoms with Crippen molar-refractivity contribution in [1.29, 1.82) is 0 Å². The lowest BCUT2D eigenvalue weighted by Crippen LogP contribution is -2.48. The Hall–Kier alpha value is -2.24. The zero-order valence-corrected chi connectivity index (χ0v) is 10.9. The highest BCUT2D eigenvalue weighted by atomic mass is 16.5. The fourth-order valence-corrected chi connectivity index (χ4v) is 2.40. The molecule has 0 aromatic carbocycles. The second-order valence-electron chi connectivity index (χ2n) is 5.41. The summed E-state index contributed by atoms with van der Waals surface area (Å²) in [4.78, 5) is 22.3. The summed E-state index contributed by atoms with van der Waals surface area (Å²) in [6.07, 6.45) is 5.58. The van der Waals surface area contributed by atoms with Gasteiger partial charge in [0.2, 0.25) is 5.89 Å². The highest BCUT2D eigenvalue weighted by Gasteiger charge is 2.37. The molecule has 0 atom stereocenters. The van der Waals surface area contributed by atoms with Crippen LogP contribution in [0.15, 0.2) is 29.0 Å². The topological polar surface area (TPSA) is 72.1 Å². The van der Waals surface area contributed by atoms with Crippen molar-refractivity contribution in [3.8, 4) is 0 Å². The molecule has 2 aromatic rings. The van der Waals surface area contributed by atoms with Crippen LogP contribution < -0.4 is 0 Å². The minimum Gasteiger partial charge on any atom is -0.339 e. The molecule has 1 aliphatic carbocycles. The molecule has 20 heavy (non-hydrogen) atoms. The zero-order valence-electron chi connectivity index (χ0n) is 10.9. The molecule has 3 heterocycles. The van der Waals surface area contributed by atoms with E-state index in [2.05, 4.69) is 15.1 Å². The summed E-state index contributed by atoms with van der Waals surface area (Å²) >= 11 is 0. The number of hydrogen-bond donors (Lipinski definition) is 0. The average Bonchev–Trinajstić information content (AvgIpc) is 3.18. The van der Waals surface area contributed by atoms with Crippen molar-refractivity contribution in [2.75, 3.05) is 13.1 Å². The summed E-state index contributed by atoms with van der Waals surface area (Å²) in [6.45, 7) is 1.29. The Balaban J connectivity index is 1.40. The zero-order chi connectivity index (χ0) is 13.5. The molecule has 0 spiro atoms. The van der Waals surface area contributed by atoms with Gasteiger partial charge in [-0.3, -0.25) is 9.78 Å². The average molecular weight is 270 g/mol. The Labute approximate surface area is 115 Å². The molecule has 4 rings (SSSR count). The van der Waals surface area contributed by atoms with Crippen molar-refractivity contribution < 1.29 is 9.32 Å². The summed E-state index contributed by atoms with van der Waals surface area (Å²) in [6, 6.07) is 3.46. The van der Waals surface area contributed by atoms with Crippen LogP contribution in [-0.2, 0) is 0 Å². The first kappa shape index (κ1) is 11.6. The van der Waals surface area contributed by atoms with E-state index in [1.807, 2.05) is 0 Å². The molecular formula is C14H14N4O2. The van der Waals surface area contributed by atoms with Crippen LogP contribution in [0.25, 0.3) is 0 Å². The molecule has 6 nitrogen and oxygen atoms in total. The van der Waals surface area contributed by atoms with Gasteiger partial charge in [0.15, 0.2) is 5.82 Å². The summed E-state index contributed by atoms with van der Waals surface area (Å²) in [7, 11) is 0. The lowest BCUT2D eigenvalue weighted by molar-refractivity contribution is 0.0569. The van der Waals surface area contributed by atoms with E-state index in [9.17, 15) is 4.79 Å². The molecule has 0 radical (unpaired) electrons. The lowest BCUT2D eigenvalue weighted by atomic mass is 9.99. The Bertz CT molecular complexity index is 630. The Morgan fingerprint density at radius 2 is 1.95 bits per heavy atom. The standard InChI is InChI=1S/C14H14N4O2/c19-14(10-3-5-15-6-4-10)18-7-11(8-18)13-16-12(17-20-13)9-1-2-9/h3-6,9,11H,1-2,7-8H2. The van der Waals surface area contributed by atoms with Gasteiger partial charge in [-0.1, -0.05) is 5.16 Å². The maximum absolute atomic E-state index is 12.2. The van der Waals surface area contributed by atoms with Gasteiger partial charge in [0.05, 0.1) is 5.92 Å². The fraction of sp³-hybridized carbons (Fsp3) is 0.429. The van der Waals surface area contributed by atoms with Gasteiger partial charge in [-0.15, -0.1) is 0 Å². The normalized spacial score (nSPS) is 18.9. The number of nitrogens with zero attached hydrogens (tertiary/aromatic N) is 4. The molecule has 0 N–H and O–H groups in total. The number of carbonyl (C=O) groups is 1. The summed E-state index contributed by atoms with van der Waals surface area (Å²) in [5, 5.41) is 4.01. The SMILES string of the molecule is O=C(c1ccncc1)N1CC(c2nc(C3CC3)no2)C1. The lowest BCUT2D eigenvalue weighted by Gasteiger charge is -2.37. The molecule has 1 amide bonds. The Morgan fingerprint density at radius 3 is 2.65 bits per heavy atom. The Morgan fingerprint density at radius 1 is 1.20 bits per heavy atom. The summed E-state index contributed by atoms with van der Waals surface area (Å²) in [5.41, 5.74) is 0.669. The second-order valence-corrected chi connectivity index (χ2v) is 5.41. The van der Waals surface area contributed by atoms with E-state index in [0.29, 0.717) is 30.5 Å². The van der Waals surface area contributed by atoms with Crippen LogP contribution in [0.1, 0.15) is 46.8 Å². The fourth-order valence-electron chi connectivity index (χ4n) is 2.40. The Kier molecular flexibility index (Phi) is 2.55. The van der Waals surface area contributed by atoms with E-state index >= 15 is 0 Å². The van der Waals surface area contributed by atoms with Gasteiger partial charge in [-0.25, -0.2) is 0 Å². The highest BCUT2D eigenvalue weighted by Crippen LogP contribution is 2.39. The monoisotopic (exact) mass is 270 g/mol. The van der Waals surface area contributed by atoms with E-state index < -0.39 is 0 Å². The molecule has 1 aliphatic heterocycles. The third-order valence-electron chi connectivity index (χ3n) is 3.85. The molecule has 2 aliphatic rings. The van der Waals surface area contributed by atoms with Gasteiger partial charge in [0.25, 0.3) is 5.91 Å². The minimum atomic E-state index is 0.0329. The maximum atomic E-state index is 12.2. The second kappa shape index (κ2) is 4.40. The first-order valence-electron chi connectivity index (χ1n) is 6.84. The number of likely N-dealkylation sites (tertiary alicyclic amines) is 1. The van der Waals surface area contributed by atoms with Crippen LogP contribution in [0, 0.1) is 0 Å². The van der Waals surface area contributed by atoms with Crippen molar-refractivity contribution in [3.63, 3.8) is 0 Å². The smallest absolute Gasteiger partial charge is 0.254 e. The number of amides is 1. The van der Waals surface area contributed by atoms with Crippen LogP contribution in [0.4, 0.5) is 0 Å². The van der Waals surface area contributed by atoms with Crippen molar-refractivity contribution in [2.24, 2.45) is 0 Å². The molecular weight excluding hydrogens is 256 g/mol. The van der Waals surface area contributed by atoms with Gasteiger partial charge in [-0.2, -0.15) is 4.98 Å². The minimum absolute atomic E-state index is 0.0329. The van der Waals surface area contributed by atoms with Gasteiger partial charge in [0, 0.05) is 37.0 Å². The molecule has 2 fully saturated rings. The van der Waals surface area contributed by atoms with E-state index in [1.54, 1.807) is 29.4 Å². The molecule has 102 valence electrons. The summed E-state index contributed by atoms with van der Waals surface area (Å²) < 4.78 is 5.29. The van der Waals surface area contributed by atoms with E-state index in [0.717, 1.165) is 18.7 Å². The van der Waals surface area contributed by atoms with Gasteiger partial charge < -0.3 is 9.42 Å². The molecule has 1 saturated carbocycles. The highest BCUT2D eigenvalue weighted by molar-refractivity contribution is 5.94. The van der Waals surface area contributed by atoms with E-state index in [-0.39, 0.29) is 11.8 Å². The largest absolute Gasteiger partial charge is 0.339 e. The van der Waals surface area contributed by atoms with Crippen LogP contribution in [0.3, 0.4) is 0 Å². The van der Waals surface area contributed by atoms with Gasteiger partial charge >= 0.3 is 0 Å². The van der Waals surface area contributed by atoms with Crippen molar-refractivity contribution in [3.05, 3.63) is 41.8 Å². The van der Waals surface area contributed by atoms with Gasteiger partial charge in [0.1, 0.15) is 0 Å². The quantitative estimate of drug-likeness (QED) is 0.846. The number of pyridine rings is 1. The molecule has 6 heteroatoms. The number of aromatic nitrogens is 3. The number of rotatable bonds is 3. The summed E-state index contributed by atoms with van der Waals surface area (Å²) in [5.74, 6) is 2.22. The number of carbonyl (C=O) groups excluding carboxylic acids is 1. The predicted molar refractivity (Wildman–Crippen MR) is 69.2 cm³/mol. The van der Waals surface area contributed by atoms with Crippen LogP contribution in [0.5, 0.6) is 0 Å².